The van der Waals surface area contributed by atoms with E-state index in [-0.39, 0.29) is 24.1 Å². The van der Waals surface area contributed by atoms with Crippen molar-refractivity contribution < 1.29 is 9.90 Å². The summed E-state index contributed by atoms with van der Waals surface area (Å²) < 4.78 is 2.19. The van der Waals surface area contributed by atoms with Crippen LogP contribution in [-0.4, -0.2) is 27.0 Å². The van der Waals surface area contributed by atoms with Gasteiger partial charge in [-0.15, -0.1) is 0 Å². The van der Waals surface area contributed by atoms with Gasteiger partial charge in [0.2, 0.25) is 5.91 Å². The van der Waals surface area contributed by atoms with Crippen LogP contribution in [0.3, 0.4) is 0 Å². The van der Waals surface area contributed by atoms with Gasteiger partial charge in [0, 0.05) is 30.5 Å². The number of benzene rings is 1. The van der Waals surface area contributed by atoms with E-state index in [1.807, 2.05) is 24.0 Å². The molecule has 4 heteroatoms. The van der Waals surface area contributed by atoms with Crippen molar-refractivity contribution in [1.82, 2.24) is 9.47 Å². The van der Waals surface area contributed by atoms with Crippen molar-refractivity contribution in [3.05, 3.63) is 53.9 Å². The number of para-hydroxylation sites is 1. The molecule has 1 aliphatic heterocycles. The summed E-state index contributed by atoms with van der Waals surface area (Å²) >= 11 is 0. The van der Waals surface area contributed by atoms with Crippen LogP contribution in [0, 0.1) is 0 Å². The number of amides is 1. The molecule has 2 heterocycles. The molecule has 1 N–H and O–H groups in total. The van der Waals surface area contributed by atoms with Crippen LogP contribution in [-0.2, 0) is 17.8 Å². The van der Waals surface area contributed by atoms with Gasteiger partial charge in [-0.1, -0.05) is 18.2 Å². The second-order valence-electron chi connectivity index (χ2n) is 5.20. The zero-order chi connectivity index (χ0) is 14.1. The molecule has 0 aliphatic carbocycles. The summed E-state index contributed by atoms with van der Waals surface area (Å²) in [5.41, 5.74) is 1.85. The third-order valence-electron chi connectivity index (χ3n) is 4.00. The molecular formula is C16H18N2O2. The maximum Gasteiger partial charge on any atom is 0.227 e. The predicted octanol–water partition coefficient (Wildman–Crippen LogP) is 2.34. The monoisotopic (exact) mass is 270 g/mol. The van der Waals surface area contributed by atoms with Gasteiger partial charge >= 0.3 is 0 Å². The molecule has 0 bridgehead atoms. The van der Waals surface area contributed by atoms with Gasteiger partial charge in [0.1, 0.15) is 5.75 Å². The number of fused-ring (bicyclic) bond motifs is 1. The van der Waals surface area contributed by atoms with Crippen molar-refractivity contribution in [3.63, 3.8) is 0 Å². The van der Waals surface area contributed by atoms with E-state index < -0.39 is 0 Å². The normalized spacial score (nSPS) is 17.9. The van der Waals surface area contributed by atoms with Gasteiger partial charge in [-0.05, 0) is 25.1 Å². The van der Waals surface area contributed by atoms with Crippen molar-refractivity contribution in [3.8, 4) is 5.75 Å². The van der Waals surface area contributed by atoms with Crippen molar-refractivity contribution in [2.45, 2.75) is 25.9 Å². The fourth-order valence-corrected chi connectivity index (χ4v) is 2.84. The quantitative estimate of drug-likeness (QED) is 0.910. The molecule has 2 aromatic rings. The SMILES string of the molecule is C[C@@H]1c2cccn2CCN1C(=O)Cc1ccccc1O. The van der Waals surface area contributed by atoms with Gasteiger partial charge in [-0.2, -0.15) is 0 Å². The molecular weight excluding hydrogens is 252 g/mol. The van der Waals surface area contributed by atoms with Crippen molar-refractivity contribution >= 4 is 5.91 Å². The van der Waals surface area contributed by atoms with E-state index >= 15 is 0 Å². The molecule has 1 aromatic heterocycles. The Morgan fingerprint density at radius 2 is 2.05 bits per heavy atom. The Morgan fingerprint density at radius 3 is 2.85 bits per heavy atom. The minimum Gasteiger partial charge on any atom is -0.508 e. The molecule has 0 saturated carbocycles. The highest BCUT2D eigenvalue weighted by Crippen LogP contribution is 2.26. The van der Waals surface area contributed by atoms with Gasteiger partial charge < -0.3 is 14.6 Å². The van der Waals surface area contributed by atoms with Crippen LogP contribution in [0.1, 0.15) is 24.2 Å². The molecule has 0 saturated heterocycles. The molecule has 3 rings (SSSR count). The van der Waals surface area contributed by atoms with E-state index in [9.17, 15) is 9.90 Å². The Kier molecular flexibility index (Phi) is 3.22. The zero-order valence-corrected chi connectivity index (χ0v) is 11.5. The van der Waals surface area contributed by atoms with Crippen LogP contribution in [0.15, 0.2) is 42.6 Å². The molecule has 0 spiro atoms. The number of phenols is 1. The Morgan fingerprint density at radius 1 is 1.25 bits per heavy atom. The van der Waals surface area contributed by atoms with Crippen LogP contribution < -0.4 is 0 Å². The maximum atomic E-state index is 12.5. The number of hydrogen-bond acceptors (Lipinski definition) is 2. The van der Waals surface area contributed by atoms with Gasteiger partial charge in [0.05, 0.1) is 12.5 Å². The summed E-state index contributed by atoms with van der Waals surface area (Å²) in [6, 6.07) is 11.2. The summed E-state index contributed by atoms with van der Waals surface area (Å²) in [6.07, 6.45) is 2.30. The highest BCUT2D eigenvalue weighted by Gasteiger charge is 2.27. The summed E-state index contributed by atoms with van der Waals surface area (Å²) in [5.74, 6) is 0.250. The van der Waals surface area contributed by atoms with Crippen LogP contribution in [0.5, 0.6) is 5.75 Å². The molecule has 0 unspecified atom stereocenters. The maximum absolute atomic E-state index is 12.5. The number of nitrogens with zero attached hydrogens (tertiary/aromatic N) is 2. The number of carbonyl (C=O) groups is 1. The smallest absolute Gasteiger partial charge is 0.227 e. The standard InChI is InChI=1S/C16H18N2O2/c1-12-14-6-4-8-17(14)9-10-18(12)16(20)11-13-5-2-3-7-15(13)19/h2-8,12,19H,9-11H2,1H3/t12-/m1/s1. The number of aromatic nitrogens is 1. The number of carbonyl (C=O) groups excluding carboxylic acids is 1. The van der Waals surface area contributed by atoms with E-state index in [1.54, 1.807) is 18.2 Å². The third kappa shape index (κ3) is 2.18. The Bertz CT molecular complexity index is 633. The minimum absolute atomic E-state index is 0.0615. The Balaban J connectivity index is 1.77. The molecule has 1 amide bonds. The van der Waals surface area contributed by atoms with Crippen LogP contribution in [0.4, 0.5) is 0 Å². The number of rotatable bonds is 2. The van der Waals surface area contributed by atoms with E-state index in [0.717, 1.165) is 13.1 Å². The lowest BCUT2D eigenvalue weighted by molar-refractivity contribution is -0.133. The topological polar surface area (TPSA) is 45.5 Å². The van der Waals surface area contributed by atoms with Crippen LogP contribution in [0.25, 0.3) is 0 Å². The molecule has 0 radical (unpaired) electrons. The lowest BCUT2D eigenvalue weighted by Gasteiger charge is -2.35. The third-order valence-corrected chi connectivity index (χ3v) is 4.00. The molecule has 1 aromatic carbocycles. The van der Waals surface area contributed by atoms with Gasteiger partial charge in [-0.3, -0.25) is 4.79 Å². The average molecular weight is 270 g/mol. The first-order valence-electron chi connectivity index (χ1n) is 6.88. The molecule has 1 aliphatic rings. The number of hydrogen-bond donors (Lipinski definition) is 1. The highest BCUT2D eigenvalue weighted by atomic mass is 16.3. The Labute approximate surface area is 118 Å². The first kappa shape index (κ1) is 12.8. The van der Waals surface area contributed by atoms with E-state index in [4.69, 9.17) is 0 Å². The van der Waals surface area contributed by atoms with Gasteiger partial charge in [0.25, 0.3) is 0 Å². The second-order valence-corrected chi connectivity index (χ2v) is 5.20. The van der Waals surface area contributed by atoms with E-state index in [1.165, 1.54) is 5.69 Å². The summed E-state index contributed by atoms with van der Waals surface area (Å²) in [5, 5.41) is 9.77. The number of aromatic hydroxyl groups is 1. The molecule has 1 atom stereocenters. The van der Waals surface area contributed by atoms with E-state index in [0.29, 0.717) is 5.56 Å². The fourth-order valence-electron chi connectivity index (χ4n) is 2.84. The lowest BCUT2D eigenvalue weighted by Crippen LogP contribution is -2.41. The van der Waals surface area contributed by atoms with Crippen molar-refractivity contribution in [2.75, 3.05) is 6.54 Å². The van der Waals surface area contributed by atoms with Crippen LogP contribution >= 0.6 is 0 Å². The molecule has 104 valence electrons. The van der Waals surface area contributed by atoms with Crippen LogP contribution in [0.2, 0.25) is 0 Å². The molecule has 0 fully saturated rings. The summed E-state index contributed by atoms with van der Waals surface area (Å²) in [6.45, 7) is 3.60. The van der Waals surface area contributed by atoms with Crippen molar-refractivity contribution in [1.29, 1.82) is 0 Å². The number of phenolic OH excluding ortho intramolecular Hbond substituents is 1. The first-order valence-corrected chi connectivity index (χ1v) is 6.88. The molecule has 20 heavy (non-hydrogen) atoms. The molecule has 4 nitrogen and oxygen atoms in total. The van der Waals surface area contributed by atoms with Gasteiger partial charge in [-0.25, -0.2) is 0 Å². The average Bonchev–Trinajstić information content (AvgIpc) is 2.91. The van der Waals surface area contributed by atoms with E-state index in [2.05, 4.69) is 16.8 Å². The largest absolute Gasteiger partial charge is 0.508 e. The predicted molar refractivity (Wildman–Crippen MR) is 76.4 cm³/mol. The summed E-state index contributed by atoms with van der Waals surface area (Å²) in [7, 11) is 0. The second kappa shape index (κ2) is 5.04. The van der Waals surface area contributed by atoms with Gasteiger partial charge in [0.15, 0.2) is 0 Å². The highest BCUT2D eigenvalue weighted by molar-refractivity contribution is 5.80. The first-order chi connectivity index (χ1) is 9.66. The van der Waals surface area contributed by atoms with Crippen molar-refractivity contribution in [2.24, 2.45) is 0 Å². The Hall–Kier alpha value is -2.23. The minimum atomic E-state index is 0.0615. The summed E-state index contributed by atoms with van der Waals surface area (Å²) in [4.78, 5) is 14.4. The fraction of sp³-hybridized carbons (Fsp3) is 0.312. The lowest BCUT2D eigenvalue weighted by atomic mass is 10.1. The zero-order valence-electron chi connectivity index (χ0n) is 11.5.